The highest BCUT2D eigenvalue weighted by Gasteiger charge is 2.28. The Morgan fingerprint density at radius 2 is 1.80 bits per heavy atom. The van der Waals surface area contributed by atoms with Gasteiger partial charge in [0.1, 0.15) is 0 Å². The molecule has 0 spiro atoms. The van der Waals surface area contributed by atoms with Crippen LogP contribution in [0.5, 0.6) is 0 Å². The van der Waals surface area contributed by atoms with Crippen molar-refractivity contribution in [2.45, 2.75) is 29.9 Å². The zero-order valence-electron chi connectivity index (χ0n) is 8.08. The summed E-state index contributed by atoms with van der Waals surface area (Å²) in [7, 11) is 0. The average Bonchev–Trinajstić information content (AvgIpc) is 2.05. The third-order valence-corrected chi connectivity index (χ3v) is 2.43. The molecule has 1 aromatic carbocycles. The van der Waals surface area contributed by atoms with Crippen LogP contribution < -0.4 is 0 Å². The molecular weight excluding hydrogens is 225 g/mol. The molecule has 0 aliphatic carbocycles. The van der Waals surface area contributed by atoms with Crippen LogP contribution in [0.3, 0.4) is 0 Å². The molecule has 1 atom stereocenters. The van der Waals surface area contributed by atoms with Gasteiger partial charge in [0.15, 0.2) is 0 Å². The number of thioether (sulfide) groups is 1. The standard InChI is InChI=1S/C10H11F3OS/c1-7(14)6-8-2-4-9(5-3-8)15-10(11,12)13/h2-5,7,14H,6H2,1H3/t7-/m0/s1. The quantitative estimate of drug-likeness (QED) is 0.813. The van der Waals surface area contributed by atoms with Gasteiger partial charge in [-0.2, -0.15) is 13.2 Å². The lowest BCUT2D eigenvalue weighted by molar-refractivity contribution is -0.0328. The van der Waals surface area contributed by atoms with Gasteiger partial charge in [-0.25, -0.2) is 0 Å². The molecule has 0 saturated carbocycles. The van der Waals surface area contributed by atoms with Gasteiger partial charge in [0.25, 0.3) is 0 Å². The van der Waals surface area contributed by atoms with Gasteiger partial charge in [0.2, 0.25) is 0 Å². The molecule has 0 unspecified atom stereocenters. The Bertz CT molecular complexity index is 305. The van der Waals surface area contributed by atoms with E-state index in [9.17, 15) is 13.2 Å². The third kappa shape index (κ3) is 5.09. The molecule has 0 aliphatic heterocycles. The highest BCUT2D eigenvalue weighted by atomic mass is 32.2. The van der Waals surface area contributed by atoms with Crippen LogP contribution in [0.2, 0.25) is 0 Å². The number of alkyl halides is 3. The van der Waals surface area contributed by atoms with E-state index in [-0.39, 0.29) is 16.7 Å². The van der Waals surface area contributed by atoms with Gasteiger partial charge in [-0.05, 0) is 42.8 Å². The molecule has 0 saturated heterocycles. The summed E-state index contributed by atoms with van der Waals surface area (Å²) in [6, 6.07) is 6.02. The molecule has 5 heteroatoms. The van der Waals surface area contributed by atoms with Crippen molar-refractivity contribution in [1.29, 1.82) is 0 Å². The number of aliphatic hydroxyl groups excluding tert-OH is 1. The van der Waals surface area contributed by atoms with E-state index in [4.69, 9.17) is 5.11 Å². The minimum atomic E-state index is -4.24. The van der Waals surface area contributed by atoms with E-state index in [1.54, 1.807) is 19.1 Å². The van der Waals surface area contributed by atoms with Crippen molar-refractivity contribution in [2.75, 3.05) is 0 Å². The lowest BCUT2D eigenvalue weighted by Crippen LogP contribution is -2.04. The molecule has 15 heavy (non-hydrogen) atoms. The highest BCUT2D eigenvalue weighted by Crippen LogP contribution is 2.36. The number of hydrogen-bond donors (Lipinski definition) is 1. The minimum absolute atomic E-state index is 0.134. The van der Waals surface area contributed by atoms with Crippen molar-refractivity contribution in [3.63, 3.8) is 0 Å². The van der Waals surface area contributed by atoms with Crippen LogP contribution in [0.1, 0.15) is 12.5 Å². The summed E-state index contributed by atoms with van der Waals surface area (Å²) in [5.74, 6) is 0. The Labute approximate surface area is 90.3 Å². The van der Waals surface area contributed by atoms with Crippen LogP contribution in [0.15, 0.2) is 29.2 Å². The lowest BCUT2D eigenvalue weighted by atomic mass is 10.1. The molecule has 0 aliphatic rings. The molecular formula is C10H11F3OS. The smallest absolute Gasteiger partial charge is 0.393 e. The van der Waals surface area contributed by atoms with Gasteiger partial charge >= 0.3 is 5.51 Å². The first-order valence-corrected chi connectivity index (χ1v) is 5.21. The van der Waals surface area contributed by atoms with Crippen molar-refractivity contribution in [1.82, 2.24) is 0 Å². The number of benzene rings is 1. The molecule has 84 valence electrons. The number of hydrogen-bond acceptors (Lipinski definition) is 2. The molecule has 0 bridgehead atoms. The van der Waals surface area contributed by atoms with Crippen LogP contribution in [0.4, 0.5) is 13.2 Å². The first kappa shape index (κ1) is 12.4. The van der Waals surface area contributed by atoms with E-state index in [2.05, 4.69) is 0 Å². The number of aliphatic hydroxyl groups is 1. The zero-order valence-corrected chi connectivity index (χ0v) is 8.90. The van der Waals surface area contributed by atoms with Gasteiger partial charge in [-0.3, -0.25) is 0 Å². The molecule has 1 N–H and O–H groups in total. The highest BCUT2D eigenvalue weighted by molar-refractivity contribution is 8.00. The van der Waals surface area contributed by atoms with Crippen LogP contribution in [0.25, 0.3) is 0 Å². The van der Waals surface area contributed by atoms with Crippen LogP contribution >= 0.6 is 11.8 Å². The van der Waals surface area contributed by atoms with E-state index in [0.29, 0.717) is 6.42 Å². The molecule has 0 aromatic heterocycles. The summed E-state index contributed by atoms with van der Waals surface area (Å²) in [6.07, 6.45) is -0.0251. The van der Waals surface area contributed by atoms with E-state index < -0.39 is 11.6 Å². The summed E-state index contributed by atoms with van der Waals surface area (Å²) < 4.78 is 35.9. The SMILES string of the molecule is C[C@H](O)Cc1ccc(SC(F)(F)F)cc1. The second-order valence-corrected chi connectivity index (χ2v) is 4.38. The monoisotopic (exact) mass is 236 g/mol. The number of halogens is 3. The maximum Gasteiger partial charge on any atom is 0.446 e. The summed E-state index contributed by atoms with van der Waals surface area (Å²) in [6.45, 7) is 1.64. The molecule has 0 heterocycles. The van der Waals surface area contributed by atoms with Crippen LogP contribution in [0, 0.1) is 0 Å². The Morgan fingerprint density at radius 1 is 1.27 bits per heavy atom. The van der Waals surface area contributed by atoms with Crippen molar-refractivity contribution < 1.29 is 18.3 Å². The zero-order chi connectivity index (χ0) is 11.5. The second-order valence-electron chi connectivity index (χ2n) is 3.24. The lowest BCUT2D eigenvalue weighted by Gasteiger charge is -2.07. The first-order valence-electron chi connectivity index (χ1n) is 4.39. The van der Waals surface area contributed by atoms with Crippen LogP contribution in [-0.2, 0) is 6.42 Å². The van der Waals surface area contributed by atoms with Crippen LogP contribution in [-0.4, -0.2) is 16.7 Å². The predicted octanol–water partition coefficient (Wildman–Crippen LogP) is 3.22. The largest absolute Gasteiger partial charge is 0.446 e. The van der Waals surface area contributed by atoms with Gasteiger partial charge in [0, 0.05) is 4.90 Å². The Hall–Kier alpha value is -0.680. The van der Waals surface area contributed by atoms with E-state index in [1.807, 2.05) is 0 Å². The summed E-state index contributed by atoms with van der Waals surface area (Å²) >= 11 is -0.134. The Morgan fingerprint density at radius 3 is 2.20 bits per heavy atom. The first-order chi connectivity index (χ1) is 6.87. The summed E-state index contributed by atoms with van der Waals surface area (Å²) in [4.78, 5) is 0.164. The fourth-order valence-electron chi connectivity index (χ4n) is 1.17. The third-order valence-electron chi connectivity index (χ3n) is 1.69. The summed E-state index contributed by atoms with van der Waals surface area (Å²) in [5.41, 5.74) is -3.41. The molecule has 1 rings (SSSR count). The maximum absolute atomic E-state index is 12.0. The molecule has 1 nitrogen and oxygen atoms in total. The second kappa shape index (κ2) is 4.90. The van der Waals surface area contributed by atoms with E-state index >= 15 is 0 Å². The Balaban J connectivity index is 2.64. The van der Waals surface area contributed by atoms with Gasteiger partial charge in [-0.1, -0.05) is 12.1 Å². The fraction of sp³-hybridized carbons (Fsp3) is 0.400. The molecule has 0 amide bonds. The Kier molecular flexibility index (Phi) is 4.04. The van der Waals surface area contributed by atoms with Crippen molar-refractivity contribution in [2.24, 2.45) is 0 Å². The van der Waals surface area contributed by atoms with Gasteiger partial charge in [-0.15, -0.1) is 0 Å². The van der Waals surface area contributed by atoms with Crippen molar-refractivity contribution in [3.8, 4) is 0 Å². The molecule has 0 fully saturated rings. The normalized spacial score (nSPS) is 13.9. The summed E-state index contributed by atoms with van der Waals surface area (Å²) in [5, 5.41) is 9.08. The number of rotatable bonds is 3. The molecule has 1 aromatic rings. The van der Waals surface area contributed by atoms with E-state index in [0.717, 1.165) is 5.56 Å². The van der Waals surface area contributed by atoms with Crippen molar-refractivity contribution in [3.05, 3.63) is 29.8 Å². The minimum Gasteiger partial charge on any atom is -0.393 e. The topological polar surface area (TPSA) is 20.2 Å². The predicted molar refractivity (Wildman–Crippen MR) is 53.7 cm³/mol. The molecule has 0 radical (unpaired) electrons. The average molecular weight is 236 g/mol. The van der Waals surface area contributed by atoms with E-state index in [1.165, 1.54) is 12.1 Å². The van der Waals surface area contributed by atoms with Gasteiger partial charge in [0.05, 0.1) is 6.10 Å². The van der Waals surface area contributed by atoms with Gasteiger partial charge < -0.3 is 5.11 Å². The maximum atomic E-state index is 12.0. The van der Waals surface area contributed by atoms with Crippen molar-refractivity contribution >= 4 is 11.8 Å². The fourth-order valence-corrected chi connectivity index (χ4v) is 1.71.